The van der Waals surface area contributed by atoms with E-state index in [4.69, 9.17) is 9.47 Å². The van der Waals surface area contributed by atoms with E-state index in [2.05, 4.69) is 15.0 Å². The second kappa shape index (κ2) is 8.20. The van der Waals surface area contributed by atoms with Gasteiger partial charge in [-0.05, 0) is 19.9 Å². The second-order valence-corrected chi connectivity index (χ2v) is 6.94. The van der Waals surface area contributed by atoms with Gasteiger partial charge in [0.25, 0.3) is 5.91 Å². The van der Waals surface area contributed by atoms with E-state index in [1.165, 1.54) is 0 Å². The van der Waals surface area contributed by atoms with Crippen molar-refractivity contribution in [3.8, 4) is 11.8 Å². The lowest BCUT2D eigenvalue weighted by Crippen LogP contribution is -2.31. The van der Waals surface area contributed by atoms with E-state index in [-0.39, 0.29) is 18.1 Å². The van der Waals surface area contributed by atoms with E-state index in [0.29, 0.717) is 30.4 Å². The largest absolute Gasteiger partial charge is 0.475 e. The molecule has 0 aromatic carbocycles. The predicted octanol–water partition coefficient (Wildman–Crippen LogP) is 2.02. The molecule has 1 fully saturated rings. The van der Waals surface area contributed by atoms with Gasteiger partial charge in [0, 0.05) is 39.3 Å². The molecule has 1 atom stereocenters. The third-order valence-corrected chi connectivity index (χ3v) is 4.12. The topological polar surface area (TPSA) is 80.7 Å². The van der Waals surface area contributed by atoms with E-state index >= 15 is 0 Å². The van der Waals surface area contributed by atoms with Crippen molar-refractivity contribution in [2.75, 3.05) is 32.1 Å². The van der Waals surface area contributed by atoms with Crippen molar-refractivity contribution in [2.45, 2.75) is 32.5 Å². The summed E-state index contributed by atoms with van der Waals surface area (Å²) in [6.45, 7) is 5.01. The lowest BCUT2D eigenvalue weighted by Gasteiger charge is -2.18. The quantitative estimate of drug-likeness (QED) is 0.768. The number of carbonyl (C=O) groups excluding carboxylic acids is 1. The van der Waals surface area contributed by atoms with Crippen molar-refractivity contribution in [1.29, 1.82) is 0 Å². The van der Waals surface area contributed by atoms with Gasteiger partial charge in [0.15, 0.2) is 5.82 Å². The number of rotatable bonds is 6. The maximum absolute atomic E-state index is 12.7. The fraction of sp³-hybridized carbons (Fsp3) is 0.474. The highest BCUT2D eigenvalue weighted by atomic mass is 16.5. The Morgan fingerprint density at radius 1 is 1.22 bits per heavy atom. The van der Waals surface area contributed by atoms with E-state index in [9.17, 15) is 4.79 Å². The second-order valence-electron chi connectivity index (χ2n) is 6.94. The molecule has 1 saturated heterocycles. The van der Waals surface area contributed by atoms with E-state index < -0.39 is 0 Å². The van der Waals surface area contributed by atoms with E-state index in [1.54, 1.807) is 35.6 Å². The summed E-state index contributed by atoms with van der Waals surface area (Å²) in [7, 11) is 3.80. The molecule has 0 N–H and O–H groups in total. The Bertz CT molecular complexity index is 779. The molecular formula is C19H25N5O3. The standard InChI is InChI=1S/C19H25N5O3/c1-13(2)26-17-6-5-14(9-21-17)19(25)24-8-7-15(12-24)27-18-11-20-10-16(22-18)23(3)4/h5-6,9-11,13,15H,7-8,12H2,1-4H3. The minimum Gasteiger partial charge on any atom is -0.475 e. The van der Waals surface area contributed by atoms with Crippen LogP contribution in [0, 0.1) is 0 Å². The zero-order valence-corrected chi connectivity index (χ0v) is 16.1. The van der Waals surface area contributed by atoms with E-state index in [0.717, 1.165) is 12.2 Å². The molecule has 0 radical (unpaired) electrons. The first kappa shape index (κ1) is 18.9. The number of amides is 1. The Balaban J connectivity index is 1.58. The number of nitrogens with zero attached hydrogens (tertiary/aromatic N) is 5. The molecule has 0 aliphatic carbocycles. The number of ether oxygens (including phenoxy) is 2. The minimum atomic E-state index is -0.0998. The number of carbonyl (C=O) groups is 1. The van der Waals surface area contributed by atoms with Crippen LogP contribution in [0.25, 0.3) is 0 Å². The van der Waals surface area contributed by atoms with Gasteiger partial charge in [0.05, 0.1) is 30.6 Å². The number of likely N-dealkylation sites (tertiary alicyclic amines) is 1. The smallest absolute Gasteiger partial charge is 0.255 e. The van der Waals surface area contributed by atoms with Gasteiger partial charge in [0.2, 0.25) is 11.8 Å². The van der Waals surface area contributed by atoms with Crippen molar-refractivity contribution in [3.05, 3.63) is 36.3 Å². The summed E-state index contributed by atoms with van der Waals surface area (Å²) in [5, 5.41) is 0. The van der Waals surface area contributed by atoms with Crippen LogP contribution in [0.2, 0.25) is 0 Å². The Morgan fingerprint density at radius 2 is 2.04 bits per heavy atom. The highest BCUT2D eigenvalue weighted by Crippen LogP contribution is 2.20. The van der Waals surface area contributed by atoms with E-state index in [1.807, 2.05) is 32.8 Å². The lowest BCUT2D eigenvalue weighted by molar-refractivity contribution is 0.0770. The van der Waals surface area contributed by atoms with Crippen LogP contribution in [0.5, 0.6) is 11.8 Å². The van der Waals surface area contributed by atoms with Crippen LogP contribution in [0.1, 0.15) is 30.6 Å². The first-order valence-electron chi connectivity index (χ1n) is 9.00. The fourth-order valence-electron chi connectivity index (χ4n) is 2.79. The van der Waals surface area contributed by atoms with Gasteiger partial charge < -0.3 is 19.3 Å². The maximum Gasteiger partial charge on any atom is 0.255 e. The predicted molar refractivity (Wildman–Crippen MR) is 101 cm³/mol. The van der Waals surface area contributed by atoms with Gasteiger partial charge in [-0.2, -0.15) is 4.98 Å². The normalized spacial score (nSPS) is 16.5. The summed E-state index contributed by atoms with van der Waals surface area (Å²) in [6, 6.07) is 3.47. The molecule has 2 aromatic heterocycles. The van der Waals surface area contributed by atoms with Crippen molar-refractivity contribution in [1.82, 2.24) is 19.9 Å². The zero-order chi connectivity index (χ0) is 19.4. The van der Waals surface area contributed by atoms with Crippen LogP contribution in [0.4, 0.5) is 5.82 Å². The summed E-state index contributed by atoms with van der Waals surface area (Å²) >= 11 is 0. The van der Waals surface area contributed by atoms with Gasteiger partial charge in [-0.1, -0.05) is 0 Å². The molecule has 1 aliphatic rings. The summed E-state index contributed by atoms with van der Waals surface area (Å²) in [5.74, 6) is 1.66. The molecule has 3 rings (SSSR count). The van der Waals surface area contributed by atoms with Gasteiger partial charge >= 0.3 is 0 Å². The maximum atomic E-state index is 12.7. The molecule has 0 bridgehead atoms. The van der Waals surface area contributed by atoms with Crippen LogP contribution in [0.15, 0.2) is 30.7 Å². The van der Waals surface area contributed by atoms with Gasteiger partial charge in [-0.25, -0.2) is 4.98 Å². The average Bonchev–Trinajstić information content (AvgIpc) is 3.10. The van der Waals surface area contributed by atoms with Crippen molar-refractivity contribution in [2.24, 2.45) is 0 Å². The molecule has 2 aromatic rings. The van der Waals surface area contributed by atoms with Gasteiger partial charge in [0.1, 0.15) is 6.10 Å². The highest BCUT2D eigenvalue weighted by Gasteiger charge is 2.29. The number of aromatic nitrogens is 3. The molecule has 0 spiro atoms. The summed E-state index contributed by atoms with van der Waals surface area (Å²) < 4.78 is 11.4. The number of pyridine rings is 1. The molecule has 8 heteroatoms. The number of hydrogen-bond donors (Lipinski definition) is 0. The molecule has 1 aliphatic heterocycles. The summed E-state index contributed by atoms with van der Waals surface area (Å²) in [4.78, 5) is 29.1. The molecule has 0 saturated carbocycles. The van der Waals surface area contributed by atoms with Crippen LogP contribution in [-0.2, 0) is 0 Å². The van der Waals surface area contributed by atoms with Crippen molar-refractivity contribution >= 4 is 11.7 Å². The Labute approximate surface area is 159 Å². The molecule has 1 unspecified atom stereocenters. The summed E-state index contributed by atoms with van der Waals surface area (Å²) in [6.07, 6.45) is 5.52. The number of hydrogen-bond acceptors (Lipinski definition) is 7. The SMILES string of the molecule is CC(C)Oc1ccc(C(=O)N2CCC(Oc3cncc(N(C)C)n3)C2)cn1. The average molecular weight is 371 g/mol. The van der Waals surface area contributed by atoms with Crippen LogP contribution in [-0.4, -0.2) is 65.2 Å². The number of anilines is 1. The molecule has 8 nitrogen and oxygen atoms in total. The highest BCUT2D eigenvalue weighted by molar-refractivity contribution is 5.94. The Morgan fingerprint density at radius 3 is 2.70 bits per heavy atom. The third kappa shape index (κ3) is 4.84. The van der Waals surface area contributed by atoms with Crippen molar-refractivity contribution in [3.63, 3.8) is 0 Å². The monoisotopic (exact) mass is 371 g/mol. The summed E-state index contributed by atoms with van der Waals surface area (Å²) in [5.41, 5.74) is 0.543. The van der Waals surface area contributed by atoms with Crippen LogP contribution in [0.3, 0.4) is 0 Å². The molecule has 1 amide bonds. The van der Waals surface area contributed by atoms with Crippen LogP contribution < -0.4 is 14.4 Å². The first-order chi connectivity index (χ1) is 12.9. The molecule has 144 valence electrons. The lowest BCUT2D eigenvalue weighted by atomic mass is 10.2. The Hall–Kier alpha value is -2.90. The fourth-order valence-corrected chi connectivity index (χ4v) is 2.79. The van der Waals surface area contributed by atoms with Crippen LogP contribution >= 0.6 is 0 Å². The molecule has 27 heavy (non-hydrogen) atoms. The van der Waals surface area contributed by atoms with Gasteiger partial charge in [-0.15, -0.1) is 0 Å². The first-order valence-corrected chi connectivity index (χ1v) is 9.00. The minimum absolute atomic E-state index is 0.0460. The van der Waals surface area contributed by atoms with Crippen molar-refractivity contribution < 1.29 is 14.3 Å². The van der Waals surface area contributed by atoms with Gasteiger partial charge in [-0.3, -0.25) is 9.78 Å². The zero-order valence-electron chi connectivity index (χ0n) is 16.1. The third-order valence-electron chi connectivity index (χ3n) is 4.12. The molecule has 3 heterocycles. The Kier molecular flexibility index (Phi) is 5.73. The molecular weight excluding hydrogens is 346 g/mol.